The van der Waals surface area contributed by atoms with Crippen molar-refractivity contribution >= 4 is 11.9 Å². The Bertz CT molecular complexity index is 368. The maximum Gasteiger partial charge on any atom is 0.326 e. The summed E-state index contributed by atoms with van der Waals surface area (Å²) in [5, 5.41) is 9.27. The van der Waals surface area contributed by atoms with Crippen molar-refractivity contribution in [2.75, 3.05) is 6.54 Å². The summed E-state index contributed by atoms with van der Waals surface area (Å²) >= 11 is 0. The molecular weight excluding hydrogens is 230 g/mol. The Morgan fingerprint density at radius 2 is 2.11 bits per heavy atom. The lowest BCUT2D eigenvalue weighted by Crippen LogP contribution is -2.50. The third-order valence-electron chi connectivity index (χ3n) is 4.89. The van der Waals surface area contributed by atoms with E-state index in [1.165, 1.54) is 0 Å². The quantitative estimate of drug-likeness (QED) is 0.838. The Balaban J connectivity index is 2.07. The molecule has 2 fully saturated rings. The van der Waals surface area contributed by atoms with E-state index in [2.05, 4.69) is 20.8 Å². The number of piperidine rings is 1. The van der Waals surface area contributed by atoms with E-state index >= 15 is 0 Å². The largest absolute Gasteiger partial charge is 0.480 e. The number of carboxylic acid groups (broad SMARTS) is 1. The minimum atomic E-state index is -0.853. The molecule has 1 saturated heterocycles. The fraction of sp³-hybridized carbons (Fsp3) is 0.857. The van der Waals surface area contributed by atoms with Crippen LogP contribution in [0, 0.1) is 17.3 Å². The Hall–Kier alpha value is -1.06. The number of carboxylic acids is 1. The van der Waals surface area contributed by atoms with Crippen molar-refractivity contribution in [1.29, 1.82) is 0 Å². The third-order valence-corrected chi connectivity index (χ3v) is 4.89. The molecular formula is C14H23NO3. The fourth-order valence-corrected chi connectivity index (χ4v) is 3.02. The Morgan fingerprint density at radius 1 is 1.44 bits per heavy atom. The number of carbonyl (C=O) groups is 2. The highest BCUT2D eigenvalue weighted by atomic mass is 16.4. The number of rotatable bonds is 3. The van der Waals surface area contributed by atoms with Gasteiger partial charge < -0.3 is 10.0 Å². The molecule has 4 atom stereocenters. The lowest BCUT2D eigenvalue weighted by Gasteiger charge is -2.36. The van der Waals surface area contributed by atoms with Crippen molar-refractivity contribution in [3.05, 3.63) is 0 Å². The van der Waals surface area contributed by atoms with Gasteiger partial charge in [-0.1, -0.05) is 20.8 Å². The maximum absolute atomic E-state index is 12.4. The Kier molecular flexibility index (Phi) is 3.39. The monoisotopic (exact) mass is 253 g/mol. The van der Waals surface area contributed by atoms with Crippen molar-refractivity contribution in [3.63, 3.8) is 0 Å². The van der Waals surface area contributed by atoms with Gasteiger partial charge in [-0.25, -0.2) is 4.79 Å². The lowest BCUT2D eigenvalue weighted by molar-refractivity contribution is -0.154. The van der Waals surface area contributed by atoms with Crippen LogP contribution < -0.4 is 0 Å². The molecule has 1 aliphatic carbocycles. The predicted molar refractivity (Wildman–Crippen MR) is 68.0 cm³/mol. The third kappa shape index (κ3) is 2.25. The van der Waals surface area contributed by atoms with E-state index in [1.54, 1.807) is 4.90 Å². The van der Waals surface area contributed by atoms with Crippen molar-refractivity contribution in [1.82, 2.24) is 4.90 Å². The molecule has 0 aromatic rings. The Morgan fingerprint density at radius 3 is 2.61 bits per heavy atom. The highest BCUT2D eigenvalue weighted by Crippen LogP contribution is 2.55. The molecule has 1 heterocycles. The van der Waals surface area contributed by atoms with Crippen molar-refractivity contribution in [2.24, 2.45) is 17.3 Å². The van der Waals surface area contributed by atoms with Crippen LogP contribution in [0.2, 0.25) is 0 Å². The van der Waals surface area contributed by atoms with E-state index in [0.29, 0.717) is 18.9 Å². The van der Waals surface area contributed by atoms with Gasteiger partial charge in [0.2, 0.25) is 5.91 Å². The van der Waals surface area contributed by atoms with Gasteiger partial charge in [-0.2, -0.15) is 0 Å². The van der Waals surface area contributed by atoms with Crippen LogP contribution in [0.15, 0.2) is 0 Å². The number of hydrogen-bond acceptors (Lipinski definition) is 2. The van der Waals surface area contributed by atoms with Gasteiger partial charge in [0.05, 0.1) is 0 Å². The van der Waals surface area contributed by atoms with Gasteiger partial charge in [-0.15, -0.1) is 0 Å². The van der Waals surface area contributed by atoms with E-state index in [1.807, 2.05) is 0 Å². The van der Waals surface area contributed by atoms with E-state index in [4.69, 9.17) is 0 Å². The molecule has 0 spiro atoms. The zero-order chi connectivity index (χ0) is 13.5. The zero-order valence-electron chi connectivity index (χ0n) is 11.5. The van der Waals surface area contributed by atoms with Crippen LogP contribution in [0.4, 0.5) is 0 Å². The van der Waals surface area contributed by atoms with Gasteiger partial charge in [-0.3, -0.25) is 4.79 Å². The zero-order valence-corrected chi connectivity index (χ0v) is 11.5. The van der Waals surface area contributed by atoms with Crippen LogP contribution in [-0.2, 0) is 9.59 Å². The second-order valence-electron chi connectivity index (χ2n) is 6.28. The van der Waals surface area contributed by atoms with Crippen LogP contribution in [0.5, 0.6) is 0 Å². The van der Waals surface area contributed by atoms with Gasteiger partial charge >= 0.3 is 5.97 Å². The van der Waals surface area contributed by atoms with Crippen molar-refractivity contribution in [2.45, 2.75) is 52.5 Å². The van der Waals surface area contributed by atoms with E-state index in [-0.39, 0.29) is 17.2 Å². The van der Waals surface area contributed by atoms with Gasteiger partial charge in [0.15, 0.2) is 0 Å². The van der Waals surface area contributed by atoms with Crippen LogP contribution in [0.25, 0.3) is 0 Å². The first-order valence-electron chi connectivity index (χ1n) is 6.92. The standard InChI is InChI=1S/C14H23NO3/c1-4-14(3)8-10(14)12(16)15-6-5-9(2)7-11(15)13(17)18/h9-11H,4-8H2,1-3H3,(H,17,18). The molecule has 0 bridgehead atoms. The molecule has 102 valence electrons. The fourth-order valence-electron chi connectivity index (χ4n) is 3.02. The first-order valence-corrected chi connectivity index (χ1v) is 6.92. The molecule has 1 amide bonds. The van der Waals surface area contributed by atoms with Crippen LogP contribution >= 0.6 is 0 Å². The molecule has 4 nitrogen and oxygen atoms in total. The van der Waals surface area contributed by atoms with Gasteiger partial charge in [-0.05, 0) is 37.0 Å². The molecule has 4 heteroatoms. The lowest BCUT2D eigenvalue weighted by atomic mass is 9.91. The number of likely N-dealkylation sites (tertiary alicyclic amines) is 1. The number of aliphatic carboxylic acids is 1. The molecule has 1 N–H and O–H groups in total. The van der Waals surface area contributed by atoms with E-state index in [0.717, 1.165) is 19.3 Å². The average molecular weight is 253 g/mol. The molecule has 0 aromatic carbocycles. The first-order chi connectivity index (χ1) is 8.39. The summed E-state index contributed by atoms with van der Waals surface area (Å²) in [7, 11) is 0. The van der Waals surface area contributed by atoms with Crippen LogP contribution in [0.1, 0.15) is 46.5 Å². The topological polar surface area (TPSA) is 57.6 Å². The summed E-state index contributed by atoms with van der Waals surface area (Å²) in [6.45, 7) is 6.89. The molecule has 0 radical (unpaired) electrons. The highest BCUT2D eigenvalue weighted by Gasteiger charge is 2.55. The summed E-state index contributed by atoms with van der Waals surface area (Å²) in [6.07, 6.45) is 3.42. The highest BCUT2D eigenvalue weighted by molar-refractivity contribution is 5.87. The maximum atomic E-state index is 12.4. The average Bonchev–Trinajstić information content (AvgIpc) is 3.01. The van der Waals surface area contributed by atoms with Crippen LogP contribution in [-0.4, -0.2) is 34.5 Å². The minimum absolute atomic E-state index is 0.0535. The predicted octanol–water partition coefficient (Wildman–Crippen LogP) is 2.13. The number of hydrogen-bond donors (Lipinski definition) is 1. The van der Waals surface area contributed by atoms with E-state index in [9.17, 15) is 14.7 Å². The number of carbonyl (C=O) groups excluding carboxylic acids is 1. The normalized spacial score (nSPS) is 39.5. The smallest absolute Gasteiger partial charge is 0.326 e. The van der Waals surface area contributed by atoms with Crippen molar-refractivity contribution in [3.8, 4) is 0 Å². The van der Waals surface area contributed by atoms with Crippen LogP contribution in [0.3, 0.4) is 0 Å². The minimum Gasteiger partial charge on any atom is -0.480 e. The molecule has 4 unspecified atom stereocenters. The molecule has 2 rings (SSSR count). The van der Waals surface area contributed by atoms with Gasteiger partial charge in [0.1, 0.15) is 6.04 Å². The molecule has 2 aliphatic rings. The van der Waals surface area contributed by atoms with E-state index < -0.39 is 12.0 Å². The Labute approximate surface area is 108 Å². The van der Waals surface area contributed by atoms with Crippen molar-refractivity contribution < 1.29 is 14.7 Å². The van der Waals surface area contributed by atoms with Gasteiger partial charge in [0.25, 0.3) is 0 Å². The van der Waals surface area contributed by atoms with Gasteiger partial charge in [0, 0.05) is 12.5 Å². The summed E-state index contributed by atoms with van der Waals surface area (Å²) in [5.74, 6) is -0.336. The SMILES string of the molecule is CCC1(C)CC1C(=O)N1CCC(C)CC1C(=O)O. The summed E-state index contributed by atoms with van der Waals surface area (Å²) in [5.41, 5.74) is 0.114. The number of amides is 1. The molecule has 1 aliphatic heterocycles. The molecule has 0 aromatic heterocycles. The summed E-state index contributed by atoms with van der Waals surface area (Å²) in [4.78, 5) is 25.3. The summed E-state index contributed by atoms with van der Waals surface area (Å²) < 4.78 is 0. The second kappa shape index (κ2) is 4.56. The first kappa shape index (κ1) is 13.4. The number of nitrogens with zero attached hydrogens (tertiary/aromatic N) is 1. The second-order valence-corrected chi connectivity index (χ2v) is 6.28. The molecule has 18 heavy (non-hydrogen) atoms. The summed E-state index contributed by atoms with van der Waals surface area (Å²) in [6, 6.07) is -0.608. The molecule has 1 saturated carbocycles.